The van der Waals surface area contributed by atoms with Crippen molar-refractivity contribution < 1.29 is 91.6 Å². The maximum atomic E-state index is 13.3. The zero-order valence-electron chi connectivity index (χ0n) is 49.0. The Morgan fingerprint density at radius 3 is 1.21 bits per heavy atom. The van der Waals surface area contributed by atoms with E-state index in [1.165, 1.54) is 94.7 Å². The molecule has 0 radical (unpaired) electrons. The summed E-state index contributed by atoms with van der Waals surface area (Å²) in [6, 6.07) is 5.90. The second-order valence-corrected chi connectivity index (χ2v) is 19.7. The van der Waals surface area contributed by atoms with Crippen LogP contribution in [0.1, 0.15) is 28.4 Å². The Hall–Kier alpha value is -8.91. The fourth-order valence-electron chi connectivity index (χ4n) is 7.06. The van der Waals surface area contributed by atoms with Crippen LogP contribution in [0, 0.1) is 0 Å². The number of carboxylic acid groups (broad SMARTS) is 1. The van der Waals surface area contributed by atoms with Crippen molar-refractivity contribution in [1.82, 2.24) is 64.5 Å². The van der Waals surface area contributed by atoms with Crippen molar-refractivity contribution >= 4 is 88.7 Å². The van der Waals surface area contributed by atoms with Gasteiger partial charge in [-0.2, -0.15) is 0 Å². The molecule has 0 fully saturated rings. The quantitative estimate of drug-likeness (QED) is 0.0363. The third kappa shape index (κ3) is 25.1. The Labute approximate surface area is 485 Å². The largest absolute Gasteiger partial charge is 0.480 e. The van der Waals surface area contributed by atoms with Crippen LogP contribution in [0.4, 0.5) is 0 Å². The van der Waals surface area contributed by atoms with Crippen molar-refractivity contribution in [1.29, 1.82) is 0 Å². The number of carbonyl (C=O) groups excluding carboxylic acids is 14. The van der Waals surface area contributed by atoms with E-state index in [1.54, 1.807) is 0 Å². The molecule has 0 spiro atoms. The number of amides is 14. The van der Waals surface area contributed by atoms with Gasteiger partial charge < -0.3 is 79.3 Å². The van der Waals surface area contributed by atoms with Crippen LogP contribution in [-0.2, 0) is 76.6 Å². The third-order valence-electron chi connectivity index (χ3n) is 12.6. The number of hydrogen-bond donors (Lipinski definition) is 4. The molecule has 1 aromatic rings. The van der Waals surface area contributed by atoms with Gasteiger partial charge in [0.1, 0.15) is 13.2 Å². The maximum absolute atomic E-state index is 13.3. The molecule has 32 heteroatoms. The number of carboxylic acids is 1. The Kier molecular flexibility index (Phi) is 29.8. The minimum absolute atomic E-state index is 0.0395. The number of likely N-dealkylation sites (N-methyl/N-ethyl adjacent to an activating group) is 10. The van der Waals surface area contributed by atoms with Crippen LogP contribution in [0.2, 0.25) is 0 Å². The van der Waals surface area contributed by atoms with Crippen LogP contribution in [-0.4, -0.2) is 335 Å². The summed E-state index contributed by atoms with van der Waals surface area (Å²) in [4.78, 5) is 199. The molecule has 1 unspecified atom stereocenters. The van der Waals surface area contributed by atoms with Crippen molar-refractivity contribution in [3.8, 4) is 0 Å². The molecule has 1 aromatic carbocycles. The van der Waals surface area contributed by atoms with Crippen molar-refractivity contribution in [3.05, 3.63) is 47.5 Å². The molecule has 32 nitrogen and oxygen atoms in total. The molecule has 4 N–H and O–H groups in total. The number of rotatable bonds is 35. The smallest absolute Gasteiger partial charge is 0.323 e. The molecular formula is C52H77N13O19. The van der Waals surface area contributed by atoms with E-state index in [2.05, 4.69) is 10.6 Å². The fraction of sp³-hybridized carbons (Fsp3) is 0.558. The fourth-order valence-corrected chi connectivity index (χ4v) is 7.06. The number of nitrogens with one attached hydrogen (secondary N) is 2. The Balaban J connectivity index is 1.71. The molecule has 1 atom stereocenters. The van der Waals surface area contributed by atoms with Crippen LogP contribution < -0.4 is 10.6 Å². The molecule has 0 saturated carbocycles. The monoisotopic (exact) mass is 1190 g/mol. The number of hydrogen-bond acceptors (Lipinski definition) is 18. The average molecular weight is 1190 g/mol. The summed E-state index contributed by atoms with van der Waals surface area (Å²) in [6.45, 7) is -5.01. The standard InChI is InChI=1S/C52H77N13O19/c1-55(25-43(72)57(3)27-45(74)59(5)29-47(76)61(7)31-49(78)63(9)33-51(80)81)42(71)24-56(2)44(73)26-58(4)46(75)28-60(6)48(77)30-62(8)50(79)32-64(10)52(82)36-13-11-12-35(22-36)37(66)23-54-39(68)34-84-21-20-83-19-17-53-38(67)16-18-65-40(69)14-15-41(65)70/h11-15,22,37,66H,16-21,23-34H2,1-10H3,(H,53,67)(H,54,68)(H,80,81). The van der Waals surface area contributed by atoms with Crippen LogP contribution in [0.25, 0.3) is 0 Å². The van der Waals surface area contributed by atoms with Crippen molar-refractivity contribution in [3.63, 3.8) is 0 Å². The number of carbonyl (C=O) groups is 15. The first-order valence-electron chi connectivity index (χ1n) is 26.0. The van der Waals surface area contributed by atoms with Crippen molar-refractivity contribution in [2.45, 2.75) is 12.5 Å². The Morgan fingerprint density at radius 2 is 0.833 bits per heavy atom. The zero-order valence-corrected chi connectivity index (χ0v) is 49.0. The van der Waals surface area contributed by atoms with Gasteiger partial charge in [-0.25, -0.2) is 0 Å². The SMILES string of the molecule is CN(CC(=O)O)C(=O)CN(C)C(=O)CN(C)C(=O)CN(C)C(=O)CN(C)C(=O)CN(C)C(=O)CN(C)C(=O)CN(C)C(=O)CN(C)C(=O)CN(C)C(=O)c1cccc(C(O)CNC(=O)COCCOCCNC(=O)CCN2C(=O)C=CC2=O)c1. The number of ether oxygens (including phenoxy) is 2. The molecule has 1 aliphatic heterocycles. The van der Waals surface area contributed by atoms with Gasteiger partial charge in [-0.1, -0.05) is 12.1 Å². The molecule has 464 valence electrons. The summed E-state index contributed by atoms with van der Waals surface area (Å²) in [5.74, 6) is -9.55. The second kappa shape index (κ2) is 35.2. The molecule has 0 saturated heterocycles. The molecule has 0 aliphatic carbocycles. The number of aliphatic carboxylic acids is 1. The maximum Gasteiger partial charge on any atom is 0.323 e. The number of benzene rings is 1. The zero-order chi connectivity index (χ0) is 63.5. The predicted molar refractivity (Wildman–Crippen MR) is 293 cm³/mol. The van der Waals surface area contributed by atoms with Crippen LogP contribution in [0.5, 0.6) is 0 Å². The van der Waals surface area contributed by atoms with E-state index in [4.69, 9.17) is 14.6 Å². The number of nitrogens with zero attached hydrogens (tertiary/aromatic N) is 11. The van der Waals surface area contributed by atoms with E-state index in [1.807, 2.05) is 0 Å². The van der Waals surface area contributed by atoms with Gasteiger partial charge in [0.05, 0.1) is 84.8 Å². The minimum atomic E-state index is -1.24. The Bertz CT molecular complexity index is 2620. The topological polar surface area (TPSA) is 375 Å². The van der Waals surface area contributed by atoms with Crippen molar-refractivity contribution in [2.24, 2.45) is 0 Å². The van der Waals surface area contributed by atoms with Gasteiger partial charge in [0.15, 0.2) is 0 Å². The lowest BCUT2D eigenvalue weighted by molar-refractivity contribution is -0.147. The van der Waals surface area contributed by atoms with Gasteiger partial charge in [0, 0.05) is 114 Å². The van der Waals surface area contributed by atoms with Gasteiger partial charge in [-0.05, 0) is 17.7 Å². The molecule has 84 heavy (non-hydrogen) atoms. The second-order valence-electron chi connectivity index (χ2n) is 19.7. The van der Waals surface area contributed by atoms with E-state index in [9.17, 15) is 77.0 Å². The van der Waals surface area contributed by atoms with Crippen molar-refractivity contribution in [2.75, 3.05) is 182 Å². The highest BCUT2D eigenvalue weighted by Crippen LogP contribution is 2.16. The lowest BCUT2D eigenvalue weighted by Gasteiger charge is -2.27. The summed E-state index contributed by atoms with van der Waals surface area (Å²) in [7, 11) is 13.0. The molecular weight excluding hydrogens is 1110 g/mol. The van der Waals surface area contributed by atoms with Gasteiger partial charge >= 0.3 is 5.97 Å². The highest BCUT2D eigenvalue weighted by Gasteiger charge is 2.28. The highest BCUT2D eigenvalue weighted by molar-refractivity contribution is 6.13. The highest BCUT2D eigenvalue weighted by atomic mass is 16.5. The molecule has 1 heterocycles. The summed E-state index contributed by atoms with van der Waals surface area (Å²) >= 11 is 0. The number of imide groups is 1. The van der Waals surface area contributed by atoms with Gasteiger partial charge in [0.2, 0.25) is 65.0 Å². The van der Waals surface area contributed by atoms with Gasteiger partial charge in [-0.3, -0.25) is 76.8 Å². The molecule has 2 rings (SSSR count). The average Bonchev–Trinajstić information content (AvgIpc) is 3.79. The first kappa shape index (κ1) is 71.2. The molecule has 1 aliphatic rings. The minimum Gasteiger partial charge on any atom is -0.480 e. The molecule has 0 aromatic heterocycles. The van der Waals surface area contributed by atoms with Gasteiger partial charge in [0.25, 0.3) is 17.7 Å². The van der Waals surface area contributed by atoms with Crippen LogP contribution >= 0.6 is 0 Å². The van der Waals surface area contributed by atoms with Crippen LogP contribution in [0.3, 0.4) is 0 Å². The molecule has 0 bridgehead atoms. The third-order valence-corrected chi connectivity index (χ3v) is 12.6. The predicted octanol–water partition coefficient (Wildman–Crippen LogP) is -6.42. The summed E-state index contributed by atoms with van der Waals surface area (Å²) < 4.78 is 10.6. The van der Waals surface area contributed by atoms with E-state index < -0.39 is 154 Å². The summed E-state index contributed by atoms with van der Waals surface area (Å²) in [6.07, 6.45) is 0.981. The van der Waals surface area contributed by atoms with E-state index >= 15 is 0 Å². The van der Waals surface area contributed by atoms with E-state index in [0.717, 1.165) is 66.1 Å². The number of aliphatic hydroxyl groups excluding tert-OH is 1. The first-order valence-corrected chi connectivity index (χ1v) is 26.0. The molecule has 14 amide bonds. The first-order chi connectivity index (χ1) is 39.3. The van der Waals surface area contributed by atoms with Crippen LogP contribution in [0.15, 0.2) is 36.4 Å². The normalized spacial score (nSPS) is 11.9. The lowest BCUT2D eigenvalue weighted by Crippen LogP contribution is -2.49. The van der Waals surface area contributed by atoms with E-state index in [-0.39, 0.29) is 69.5 Å². The Morgan fingerprint density at radius 1 is 0.476 bits per heavy atom. The lowest BCUT2D eigenvalue weighted by atomic mass is 10.1. The number of aliphatic hydroxyl groups is 1. The van der Waals surface area contributed by atoms with Gasteiger partial charge in [-0.15, -0.1) is 0 Å². The summed E-state index contributed by atoms with van der Waals surface area (Å²) in [5, 5.41) is 24.7. The summed E-state index contributed by atoms with van der Waals surface area (Å²) in [5.41, 5.74) is 0.395. The van der Waals surface area contributed by atoms with E-state index in [0.29, 0.717) is 0 Å².